The Morgan fingerprint density at radius 1 is 1.24 bits per heavy atom. The molecule has 146 valence electrons. The van der Waals surface area contributed by atoms with Crippen molar-refractivity contribution in [3.63, 3.8) is 0 Å². The van der Waals surface area contributed by atoms with Crippen LogP contribution in [0.3, 0.4) is 0 Å². The van der Waals surface area contributed by atoms with Crippen molar-refractivity contribution in [2.24, 2.45) is 11.7 Å². The third-order valence-electron chi connectivity index (χ3n) is 6.10. The van der Waals surface area contributed by atoms with Crippen LogP contribution in [0.1, 0.15) is 37.4 Å². The van der Waals surface area contributed by atoms with Crippen LogP contribution in [0.4, 0.5) is 5.82 Å². The predicted molar refractivity (Wildman–Crippen MR) is 115 cm³/mol. The van der Waals surface area contributed by atoms with Gasteiger partial charge in [0.1, 0.15) is 31.2 Å². The number of anilines is 1. The zero-order valence-corrected chi connectivity index (χ0v) is 16.2. The number of nitrogens with one attached hydrogen (secondary N) is 1. The van der Waals surface area contributed by atoms with Crippen molar-refractivity contribution < 1.29 is 4.79 Å². The second kappa shape index (κ2) is 6.61. The highest BCUT2D eigenvalue weighted by Crippen LogP contribution is 2.38. The molecule has 5 N–H and O–H groups in total. The van der Waals surface area contributed by atoms with Crippen LogP contribution < -0.4 is 16.9 Å². The van der Waals surface area contributed by atoms with Crippen molar-refractivity contribution in [1.82, 2.24) is 24.6 Å². The number of imidazole rings is 1. The molecule has 4 aromatic rings. The first-order valence-electron chi connectivity index (χ1n) is 9.90. The fourth-order valence-corrected chi connectivity index (χ4v) is 4.50. The molecule has 1 aliphatic rings. The van der Waals surface area contributed by atoms with Gasteiger partial charge in [0.25, 0.3) is 0 Å². The van der Waals surface area contributed by atoms with E-state index < -0.39 is 0 Å². The van der Waals surface area contributed by atoms with Gasteiger partial charge in [-0.15, -0.1) is 0 Å². The predicted octanol–water partition coefficient (Wildman–Crippen LogP) is 0.872. The highest BCUT2D eigenvalue weighted by atomic mass is 16.1. The van der Waals surface area contributed by atoms with E-state index in [0.29, 0.717) is 11.3 Å². The number of nitrogens with zero attached hydrogens (tertiary/aromatic N) is 4. The highest BCUT2D eigenvalue weighted by Gasteiger charge is 2.30. The van der Waals surface area contributed by atoms with Crippen LogP contribution in [-0.4, -0.2) is 38.3 Å². The van der Waals surface area contributed by atoms with Crippen LogP contribution in [-0.2, 0) is 4.79 Å². The average Bonchev–Trinajstić information content (AvgIpc) is 3.31. The summed E-state index contributed by atoms with van der Waals surface area (Å²) in [6, 6.07) is 8.28. The lowest BCUT2D eigenvalue weighted by Gasteiger charge is -2.25. The molecule has 1 aromatic carbocycles. The maximum atomic E-state index is 11.5. The Morgan fingerprint density at radius 3 is 2.76 bits per heavy atom. The van der Waals surface area contributed by atoms with Crippen molar-refractivity contribution in [3.05, 3.63) is 36.4 Å². The summed E-state index contributed by atoms with van der Waals surface area (Å²) >= 11 is 0. The fraction of sp³-hybridized carbons (Fsp3) is 0.300. The smallest absolute Gasteiger partial charge is 0.220 e. The highest BCUT2D eigenvalue weighted by molar-refractivity contribution is 6.38. The lowest BCUT2D eigenvalue weighted by Crippen LogP contribution is -2.27. The molecular weight excluding hydrogens is 365 g/mol. The average molecular weight is 387 g/mol. The number of para-hydroxylation sites is 1. The van der Waals surface area contributed by atoms with Crippen LogP contribution in [0.15, 0.2) is 30.6 Å². The number of carbonyl (C=O) groups excluding carboxylic acids is 1. The zero-order valence-electron chi connectivity index (χ0n) is 16.2. The number of H-pyrrole nitrogens is 1. The molecular formula is C20H22BN7O. The summed E-state index contributed by atoms with van der Waals surface area (Å²) < 4.78 is 1.81. The fourth-order valence-electron chi connectivity index (χ4n) is 4.50. The number of primary amides is 1. The minimum atomic E-state index is -0.211. The van der Waals surface area contributed by atoms with E-state index in [1.54, 1.807) is 0 Å². The summed E-state index contributed by atoms with van der Waals surface area (Å²) in [6.45, 7) is 0. The second-order valence-corrected chi connectivity index (χ2v) is 7.90. The molecule has 3 heterocycles. The van der Waals surface area contributed by atoms with Crippen LogP contribution in [0.2, 0.25) is 0 Å². The summed E-state index contributed by atoms with van der Waals surface area (Å²) in [5.41, 5.74) is 16.3. The molecule has 0 atom stereocenters. The maximum absolute atomic E-state index is 11.5. The van der Waals surface area contributed by atoms with Crippen molar-refractivity contribution in [1.29, 1.82) is 0 Å². The number of hydrogen-bond acceptors (Lipinski definition) is 5. The van der Waals surface area contributed by atoms with Crippen LogP contribution in [0.25, 0.3) is 27.8 Å². The molecule has 3 aromatic heterocycles. The van der Waals surface area contributed by atoms with E-state index in [2.05, 4.69) is 41.1 Å². The largest absolute Gasteiger partial charge is 0.382 e. The first kappa shape index (κ1) is 17.7. The molecule has 0 unspecified atom stereocenters. The van der Waals surface area contributed by atoms with E-state index in [4.69, 9.17) is 16.5 Å². The Morgan fingerprint density at radius 2 is 2.03 bits per heavy atom. The van der Waals surface area contributed by atoms with E-state index in [-0.39, 0.29) is 17.7 Å². The number of hydrogen-bond donors (Lipinski definition) is 3. The molecule has 5 rings (SSSR count). The molecule has 1 amide bonds. The quantitative estimate of drug-likeness (QED) is 0.450. The van der Waals surface area contributed by atoms with Gasteiger partial charge < -0.3 is 16.5 Å². The number of amides is 1. The van der Waals surface area contributed by atoms with E-state index >= 15 is 0 Å². The normalized spacial score (nSPS) is 19.7. The SMILES string of the molecule is Bc1cccc2cc(-c3nc([C@H]4CC[C@H](C(N)=O)CC4)n4ncnc(N)c34)[nH]c12. The monoisotopic (exact) mass is 387 g/mol. The summed E-state index contributed by atoms with van der Waals surface area (Å²) in [5, 5.41) is 5.57. The molecule has 0 aliphatic heterocycles. The number of nitrogens with two attached hydrogens (primary N) is 2. The summed E-state index contributed by atoms with van der Waals surface area (Å²) in [6.07, 6.45) is 4.71. The molecule has 0 saturated heterocycles. The van der Waals surface area contributed by atoms with Gasteiger partial charge in [0, 0.05) is 17.4 Å². The van der Waals surface area contributed by atoms with Gasteiger partial charge >= 0.3 is 0 Å². The Balaban J connectivity index is 1.63. The summed E-state index contributed by atoms with van der Waals surface area (Å²) in [7, 11) is 2.08. The molecule has 9 heteroatoms. The number of nitrogen functional groups attached to an aromatic ring is 1. The van der Waals surface area contributed by atoms with Gasteiger partial charge in [-0.1, -0.05) is 23.7 Å². The standard InChI is InChI=1S/C20H22BN7O/c21-13-3-1-2-12-8-14(26-15(12)13)16-17-18(22)24-9-25-28(17)20(27-16)11-6-4-10(5-7-11)19(23)29/h1-3,8-11,26H,4-7,21H2,(H2,23,29)(H2,22,24,25)/t10-,11-. The maximum Gasteiger partial charge on any atom is 0.220 e. The van der Waals surface area contributed by atoms with Gasteiger partial charge in [-0.05, 0) is 37.1 Å². The summed E-state index contributed by atoms with van der Waals surface area (Å²) in [4.78, 5) is 24.2. The van der Waals surface area contributed by atoms with Crippen LogP contribution >= 0.6 is 0 Å². The van der Waals surface area contributed by atoms with Crippen LogP contribution in [0, 0.1) is 5.92 Å². The summed E-state index contributed by atoms with van der Waals surface area (Å²) in [5.74, 6) is 1.20. The lowest BCUT2D eigenvalue weighted by atomic mass is 9.81. The molecule has 0 radical (unpaired) electrons. The number of aromatic nitrogens is 5. The van der Waals surface area contributed by atoms with E-state index in [0.717, 1.165) is 53.8 Å². The topological polar surface area (TPSA) is 128 Å². The van der Waals surface area contributed by atoms with Gasteiger partial charge in [-0.3, -0.25) is 4.79 Å². The van der Waals surface area contributed by atoms with Crippen LogP contribution in [0.5, 0.6) is 0 Å². The molecule has 1 saturated carbocycles. The van der Waals surface area contributed by atoms with Gasteiger partial charge in [-0.2, -0.15) is 5.10 Å². The van der Waals surface area contributed by atoms with Crippen molar-refractivity contribution in [3.8, 4) is 11.4 Å². The van der Waals surface area contributed by atoms with Crippen molar-refractivity contribution in [2.45, 2.75) is 31.6 Å². The first-order chi connectivity index (χ1) is 14.0. The molecule has 29 heavy (non-hydrogen) atoms. The molecule has 0 spiro atoms. The first-order valence-corrected chi connectivity index (χ1v) is 9.90. The van der Waals surface area contributed by atoms with Gasteiger partial charge in [-0.25, -0.2) is 14.5 Å². The second-order valence-electron chi connectivity index (χ2n) is 7.90. The number of aromatic amines is 1. The minimum Gasteiger partial charge on any atom is -0.382 e. The van der Waals surface area contributed by atoms with E-state index in [1.807, 2.05) is 10.6 Å². The molecule has 1 aliphatic carbocycles. The minimum absolute atomic E-state index is 0.0478. The molecule has 0 bridgehead atoms. The number of rotatable bonds is 3. The molecule has 8 nitrogen and oxygen atoms in total. The Labute approximate surface area is 168 Å². The third-order valence-corrected chi connectivity index (χ3v) is 6.10. The Kier molecular flexibility index (Phi) is 4.04. The number of fused-ring (bicyclic) bond motifs is 2. The Bertz CT molecular complexity index is 1240. The van der Waals surface area contributed by atoms with E-state index in [9.17, 15) is 4.79 Å². The zero-order chi connectivity index (χ0) is 20.1. The van der Waals surface area contributed by atoms with Gasteiger partial charge in [0.05, 0.1) is 5.69 Å². The number of benzene rings is 1. The van der Waals surface area contributed by atoms with E-state index in [1.165, 1.54) is 11.8 Å². The number of carbonyl (C=O) groups is 1. The van der Waals surface area contributed by atoms with Gasteiger partial charge in [0.2, 0.25) is 5.91 Å². The Hall–Kier alpha value is -3.36. The van der Waals surface area contributed by atoms with Gasteiger partial charge in [0.15, 0.2) is 5.82 Å². The van der Waals surface area contributed by atoms with Crippen molar-refractivity contribution in [2.75, 3.05) is 5.73 Å². The lowest BCUT2D eigenvalue weighted by molar-refractivity contribution is -0.122. The van der Waals surface area contributed by atoms with Crippen molar-refractivity contribution >= 4 is 41.5 Å². The third kappa shape index (κ3) is 2.85. The molecule has 1 fully saturated rings.